The molecule has 1 aromatic rings. The molecule has 1 N–H and O–H groups in total. The standard InChI is InChI=1S/C15H12N2O5S2/c18-10-3-1-9(2-4-10)7-11-13(20)17(15(22)24-11)6-5-16-12(19)8-23-14(16)21/h1-4,7,18H,5-6,8H2/b11-7+. The Morgan fingerprint density at radius 3 is 2.29 bits per heavy atom. The van der Waals surface area contributed by atoms with Crippen LogP contribution < -0.4 is 0 Å². The molecule has 2 aliphatic rings. The normalized spacial score (nSPS) is 19.9. The van der Waals surface area contributed by atoms with Crippen molar-refractivity contribution >= 4 is 51.9 Å². The van der Waals surface area contributed by atoms with Crippen molar-refractivity contribution in [2.75, 3.05) is 18.8 Å². The molecule has 1 aromatic carbocycles. The third-order valence-electron chi connectivity index (χ3n) is 3.45. The molecule has 0 atom stereocenters. The maximum atomic E-state index is 12.3. The van der Waals surface area contributed by atoms with Crippen LogP contribution in [-0.4, -0.2) is 56.0 Å². The van der Waals surface area contributed by atoms with Gasteiger partial charge in [-0.2, -0.15) is 0 Å². The lowest BCUT2D eigenvalue weighted by atomic mass is 10.2. The summed E-state index contributed by atoms with van der Waals surface area (Å²) in [5.74, 6) is -0.555. The lowest BCUT2D eigenvalue weighted by Gasteiger charge is -2.17. The number of carbonyl (C=O) groups excluding carboxylic acids is 4. The van der Waals surface area contributed by atoms with Crippen LogP contribution in [-0.2, 0) is 9.59 Å². The molecule has 0 unspecified atom stereocenters. The van der Waals surface area contributed by atoms with E-state index in [0.29, 0.717) is 5.56 Å². The summed E-state index contributed by atoms with van der Waals surface area (Å²) in [6.07, 6.45) is 1.56. The van der Waals surface area contributed by atoms with Gasteiger partial charge >= 0.3 is 0 Å². The summed E-state index contributed by atoms with van der Waals surface area (Å²) >= 11 is 1.72. The summed E-state index contributed by atoms with van der Waals surface area (Å²) in [7, 11) is 0. The molecule has 4 amide bonds. The van der Waals surface area contributed by atoms with Gasteiger partial charge in [-0.3, -0.25) is 29.0 Å². The molecule has 0 bridgehead atoms. The lowest BCUT2D eigenvalue weighted by molar-refractivity contribution is -0.126. The third-order valence-corrected chi connectivity index (χ3v) is 5.22. The smallest absolute Gasteiger partial charge is 0.293 e. The number of thioether (sulfide) groups is 2. The fraction of sp³-hybridized carbons (Fsp3) is 0.200. The Labute approximate surface area is 145 Å². The van der Waals surface area contributed by atoms with Gasteiger partial charge in [-0.15, -0.1) is 0 Å². The van der Waals surface area contributed by atoms with Crippen LogP contribution in [0, 0.1) is 0 Å². The monoisotopic (exact) mass is 364 g/mol. The van der Waals surface area contributed by atoms with E-state index in [-0.39, 0.29) is 40.6 Å². The zero-order valence-corrected chi connectivity index (χ0v) is 13.9. The van der Waals surface area contributed by atoms with E-state index in [4.69, 9.17) is 0 Å². The Morgan fingerprint density at radius 1 is 1.00 bits per heavy atom. The first-order valence-corrected chi connectivity index (χ1v) is 8.77. The van der Waals surface area contributed by atoms with Crippen molar-refractivity contribution < 1.29 is 24.3 Å². The van der Waals surface area contributed by atoms with Gasteiger partial charge in [0.2, 0.25) is 5.91 Å². The first kappa shape index (κ1) is 16.6. The highest BCUT2D eigenvalue weighted by atomic mass is 32.2. The van der Waals surface area contributed by atoms with Crippen LogP contribution >= 0.6 is 23.5 Å². The van der Waals surface area contributed by atoms with Crippen LogP contribution in [0.3, 0.4) is 0 Å². The largest absolute Gasteiger partial charge is 0.508 e. The molecule has 2 fully saturated rings. The Hall–Kier alpha value is -2.26. The minimum Gasteiger partial charge on any atom is -0.508 e. The van der Waals surface area contributed by atoms with E-state index in [0.717, 1.165) is 33.3 Å². The van der Waals surface area contributed by atoms with Crippen molar-refractivity contribution in [3.8, 4) is 5.75 Å². The van der Waals surface area contributed by atoms with Crippen LogP contribution in [0.2, 0.25) is 0 Å². The molecule has 0 saturated carbocycles. The van der Waals surface area contributed by atoms with E-state index in [1.165, 1.54) is 12.1 Å². The molecule has 0 aromatic heterocycles. The second-order valence-corrected chi connectivity index (χ2v) is 6.94. The van der Waals surface area contributed by atoms with Gasteiger partial charge in [-0.25, -0.2) is 0 Å². The topological polar surface area (TPSA) is 95.0 Å². The van der Waals surface area contributed by atoms with Crippen LogP contribution in [0.5, 0.6) is 5.75 Å². The number of amides is 4. The Morgan fingerprint density at radius 2 is 1.67 bits per heavy atom. The molecule has 2 heterocycles. The fourth-order valence-corrected chi connectivity index (χ4v) is 3.83. The van der Waals surface area contributed by atoms with Crippen molar-refractivity contribution in [1.82, 2.24) is 9.80 Å². The minimum absolute atomic E-state index is 0.00912. The summed E-state index contributed by atoms with van der Waals surface area (Å²) in [6, 6.07) is 6.22. The molecule has 2 saturated heterocycles. The number of carbonyl (C=O) groups is 4. The second-order valence-electron chi connectivity index (χ2n) is 5.02. The van der Waals surface area contributed by atoms with Crippen molar-refractivity contribution in [2.24, 2.45) is 0 Å². The van der Waals surface area contributed by atoms with Crippen molar-refractivity contribution in [3.05, 3.63) is 34.7 Å². The summed E-state index contributed by atoms with van der Waals surface area (Å²) in [6.45, 7) is -0.00911. The van der Waals surface area contributed by atoms with Gasteiger partial charge in [0.1, 0.15) is 5.75 Å². The average molecular weight is 364 g/mol. The van der Waals surface area contributed by atoms with Crippen molar-refractivity contribution in [1.29, 1.82) is 0 Å². The predicted octanol–water partition coefficient (Wildman–Crippen LogP) is 2.12. The maximum absolute atomic E-state index is 12.3. The van der Waals surface area contributed by atoms with Crippen molar-refractivity contribution in [2.45, 2.75) is 0 Å². The van der Waals surface area contributed by atoms with Crippen molar-refractivity contribution in [3.63, 3.8) is 0 Å². The van der Waals surface area contributed by atoms with E-state index >= 15 is 0 Å². The van der Waals surface area contributed by atoms with E-state index < -0.39 is 11.1 Å². The summed E-state index contributed by atoms with van der Waals surface area (Å²) in [5, 5.41) is 8.47. The SMILES string of the molecule is O=C1CSC(=O)N1CCN1C(=O)S/C(=C/c2ccc(O)cc2)C1=O. The maximum Gasteiger partial charge on any atom is 0.293 e. The molecule has 7 nitrogen and oxygen atoms in total. The first-order valence-electron chi connectivity index (χ1n) is 6.97. The van der Waals surface area contributed by atoms with Crippen LogP contribution in [0.4, 0.5) is 9.59 Å². The van der Waals surface area contributed by atoms with Gasteiger partial charge in [0.25, 0.3) is 16.4 Å². The minimum atomic E-state index is -0.454. The van der Waals surface area contributed by atoms with E-state index in [9.17, 15) is 24.3 Å². The summed E-state index contributed by atoms with van der Waals surface area (Å²) in [5.41, 5.74) is 0.680. The molecule has 0 aliphatic carbocycles. The fourth-order valence-electron chi connectivity index (χ4n) is 2.21. The highest BCUT2D eigenvalue weighted by Gasteiger charge is 2.37. The average Bonchev–Trinajstić information content (AvgIpc) is 3.00. The number of imide groups is 2. The van der Waals surface area contributed by atoms with Gasteiger partial charge < -0.3 is 5.11 Å². The number of benzene rings is 1. The highest BCUT2D eigenvalue weighted by molar-refractivity contribution is 8.18. The molecule has 0 radical (unpaired) electrons. The molecule has 0 spiro atoms. The molecule has 9 heteroatoms. The molecule has 24 heavy (non-hydrogen) atoms. The summed E-state index contributed by atoms with van der Waals surface area (Å²) in [4.78, 5) is 49.7. The van der Waals surface area contributed by atoms with E-state index in [1.54, 1.807) is 18.2 Å². The van der Waals surface area contributed by atoms with Crippen LogP contribution in [0.15, 0.2) is 29.2 Å². The number of phenolic OH excluding ortho intramolecular Hbond substituents is 1. The Bertz CT molecular complexity index is 744. The number of hydrogen-bond acceptors (Lipinski definition) is 7. The number of phenols is 1. The molecule has 2 aliphatic heterocycles. The van der Waals surface area contributed by atoms with E-state index in [2.05, 4.69) is 0 Å². The van der Waals surface area contributed by atoms with Gasteiger partial charge in [-0.1, -0.05) is 23.9 Å². The summed E-state index contributed by atoms with van der Waals surface area (Å²) < 4.78 is 0. The first-order chi connectivity index (χ1) is 11.5. The highest BCUT2D eigenvalue weighted by Crippen LogP contribution is 2.32. The van der Waals surface area contributed by atoms with Gasteiger partial charge in [0, 0.05) is 13.1 Å². The molecular formula is C15H12N2O5S2. The second kappa shape index (κ2) is 6.70. The van der Waals surface area contributed by atoms with Crippen LogP contribution in [0.1, 0.15) is 5.56 Å². The van der Waals surface area contributed by atoms with Gasteiger partial charge in [0.05, 0.1) is 10.7 Å². The van der Waals surface area contributed by atoms with Gasteiger partial charge in [-0.05, 0) is 35.5 Å². The molecule has 3 rings (SSSR count). The number of hydrogen-bond donors (Lipinski definition) is 1. The zero-order chi connectivity index (χ0) is 17.3. The Balaban J connectivity index is 1.69. The predicted molar refractivity (Wildman–Crippen MR) is 90.4 cm³/mol. The number of nitrogens with zero attached hydrogens (tertiary/aromatic N) is 2. The van der Waals surface area contributed by atoms with Gasteiger partial charge in [0.15, 0.2) is 0 Å². The number of rotatable bonds is 4. The van der Waals surface area contributed by atoms with Crippen LogP contribution in [0.25, 0.3) is 6.08 Å². The van der Waals surface area contributed by atoms with E-state index in [1.807, 2.05) is 0 Å². The Kier molecular flexibility index (Phi) is 4.63. The zero-order valence-electron chi connectivity index (χ0n) is 12.3. The molecular weight excluding hydrogens is 352 g/mol. The number of aromatic hydroxyl groups is 1. The lowest BCUT2D eigenvalue weighted by Crippen LogP contribution is -2.39. The quantitative estimate of drug-likeness (QED) is 0.818. The molecule has 124 valence electrons. The third kappa shape index (κ3) is 3.31.